The molecule has 0 atom stereocenters. The lowest BCUT2D eigenvalue weighted by Crippen LogP contribution is -2.40. The number of aliphatic carboxylic acids is 2. The van der Waals surface area contributed by atoms with E-state index in [9.17, 15) is 26.3 Å². The number of carbonyl (C=O) groups is 2. The number of hydrogen-bond donors (Lipinski definition) is 2. The van der Waals surface area contributed by atoms with Gasteiger partial charge in [0, 0.05) is 38.3 Å². The number of hydrogen-bond acceptors (Lipinski definition) is 7. The number of ether oxygens (including phenoxy) is 3. The third-order valence-electron chi connectivity index (χ3n) is 4.31. The predicted octanol–water partition coefficient (Wildman–Crippen LogP) is 2.73. The van der Waals surface area contributed by atoms with Crippen LogP contribution in [0, 0.1) is 0 Å². The summed E-state index contributed by atoms with van der Waals surface area (Å²) in [4.78, 5) is 22.6. The van der Waals surface area contributed by atoms with Gasteiger partial charge in [-0.1, -0.05) is 12.1 Å². The van der Waals surface area contributed by atoms with E-state index in [1.165, 1.54) is 0 Å². The lowest BCUT2D eigenvalue weighted by molar-refractivity contribution is -0.193. The van der Waals surface area contributed by atoms with E-state index in [4.69, 9.17) is 34.0 Å². The average molecular weight is 522 g/mol. The molecule has 15 heteroatoms. The van der Waals surface area contributed by atoms with Crippen molar-refractivity contribution in [3.05, 3.63) is 23.8 Å². The number of benzene rings is 1. The van der Waals surface area contributed by atoms with Crippen LogP contribution < -0.4 is 9.47 Å². The quantitative estimate of drug-likeness (QED) is 0.523. The van der Waals surface area contributed by atoms with Gasteiger partial charge in [-0.2, -0.15) is 26.3 Å². The van der Waals surface area contributed by atoms with Crippen molar-refractivity contribution in [2.45, 2.75) is 18.9 Å². The van der Waals surface area contributed by atoms with Crippen molar-refractivity contribution in [1.29, 1.82) is 0 Å². The Morgan fingerprint density at radius 2 is 1.49 bits per heavy atom. The number of carboxylic acid groups (broad SMARTS) is 2. The van der Waals surface area contributed by atoms with Gasteiger partial charge in [-0.3, -0.25) is 4.90 Å². The van der Waals surface area contributed by atoms with Crippen molar-refractivity contribution in [3.8, 4) is 11.5 Å². The topological polar surface area (TPSA) is 109 Å². The van der Waals surface area contributed by atoms with Crippen molar-refractivity contribution in [1.82, 2.24) is 9.80 Å². The minimum Gasteiger partial charge on any atom is -0.493 e. The second kappa shape index (κ2) is 15.3. The average Bonchev–Trinajstić information content (AvgIpc) is 2.77. The standard InChI is InChI=1S/C16H26N2O3.2C2HF3O2/c1-17(7-8-18-9-11-21-12-10-18)13-14-5-4-6-15(19-2)16(14)20-3;2*3-2(4,5)1(6)7/h4-6H,7-13H2,1-3H3;2*(H,6,7). The molecule has 0 unspecified atom stereocenters. The maximum Gasteiger partial charge on any atom is 0.490 e. The van der Waals surface area contributed by atoms with Crippen molar-refractivity contribution in [3.63, 3.8) is 0 Å². The fourth-order valence-electron chi connectivity index (χ4n) is 2.58. The summed E-state index contributed by atoms with van der Waals surface area (Å²) in [7, 11) is 5.50. The van der Waals surface area contributed by atoms with E-state index in [0.29, 0.717) is 0 Å². The Balaban J connectivity index is 0.000000680. The second-order valence-corrected chi connectivity index (χ2v) is 6.95. The van der Waals surface area contributed by atoms with Crippen LogP contribution in [-0.2, 0) is 20.9 Å². The van der Waals surface area contributed by atoms with Crippen molar-refractivity contribution < 1.29 is 60.4 Å². The number of rotatable bonds is 7. The van der Waals surface area contributed by atoms with Gasteiger partial charge in [-0.25, -0.2) is 9.59 Å². The summed E-state index contributed by atoms with van der Waals surface area (Å²) in [5, 5.41) is 14.2. The Labute approximate surface area is 197 Å². The van der Waals surface area contributed by atoms with Gasteiger partial charge in [0.05, 0.1) is 27.4 Å². The third-order valence-corrected chi connectivity index (χ3v) is 4.31. The van der Waals surface area contributed by atoms with E-state index in [0.717, 1.165) is 63.0 Å². The maximum atomic E-state index is 10.6. The van der Waals surface area contributed by atoms with E-state index in [-0.39, 0.29) is 0 Å². The molecule has 0 bridgehead atoms. The maximum absolute atomic E-state index is 10.6. The van der Waals surface area contributed by atoms with Gasteiger partial charge in [-0.05, 0) is 13.1 Å². The van der Waals surface area contributed by atoms with Crippen molar-refractivity contribution in [2.24, 2.45) is 0 Å². The highest BCUT2D eigenvalue weighted by atomic mass is 19.4. The van der Waals surface area contributed by atoms with Crippen LogP contribution in [0.2, 0.25) is 0 Å². The van der Waals surface area contributed by atoms with Crippen LogP contribution in [-0.4, -0.2) is 105 Å². The molecule has 0 radical (unpaired) electrons. The molecule has 0 amide bonds. The highest BCUT2D eigenvalue weighted by Crippen LogP contribution is 2.31. The number of likely N-dealkylation sites (N-methyl/N-ethyl adjacent to an activating group) is 1. The monoisotopic (exact) mass is 522 g/mol. The number of morpholine rings is 1. The van der Waals surface area contributed by atoms with E-state index in [1.807, 2.05) is 12.1 Å². The minimum atomic E-state index is -5.08. The molecular formula is C20H28F6N2O7. The Morgan fingerprint density at radius 1 is 1.00 bits per heavy atom. The Morgan fingerprint density at radius 3 is 1.89 bits per heavy atom. The zero-order chi connectivity index (χ0) is 27.2. The van der Waals surface area contributed by atoms with Crippen LogP contribution >= 0.6 is 0 Å². The lowest BCUT2D eigenvalue weighted by atomic mass is 10.1. The SMILES string of the molecule is COc1cccc(CN(C)CCN2CCOCC2)c1OC.O=C(O)C(F)(F)F.O=C(O)C(F)(F)F. The summed E-state index contributed by atoms with van der Waals surface area (Å²) >= 11 is 0. The van der Waals surface area contributed by atoms with Crippen LogP contribution in [0.3, 0.4) is 0 Å². The number of alkyl halides is 6. The molecule has 1 heterocycles. The molecule has 9 nitrogen and oxygen atoms in total. The lowest BCUT2D eigenvalue weighted by Gasteiger charge is -2.28. The van der Waals surface area contributed by atoms with Crippen LogP contribution in [0.25, 0.3) is 0 Å². The van der Waals surface area contributed by atoms with E-state index >= 15 is 0 Å². The normalized spacial score (nSPS) is 14.2. The first-order valence-corrected chi connectivity index (χ1v) is 9.92. The molecule has 2 N–H and O–H groups in total. The predicted molar refractivity (Wildman–Crippen MR) is 111 cm³/mol. The number of para-hydroxylation sites is 1. The molecule has 0 spiro atoms. The van der Waals surface area contributed by atoms with Crippen molar-refractivity contribution in [2.75, 3.05) is 60.7 Å². The molecule has 1 aliphatic heterocycles. The van der Waals surface area contributed by atoms with Crippen molar-refractivity contribution >= 4 is 11.9 Å². The molecule has 1 saturated heterocycles. The zero-order valence-corrected chi connectivity index (χ0v) is 19.3. The van der Waals surface area contributed by atoms with Crippen LogP contribution in [0.1, 0.15) is 5.56 Å². The number of halogens is 6. The van der Waals surface area contributed by atoms with E-state index < -0.39 is 24.3 Å². The molecule has 35 heavy (non-hydrogen) atoms. The highest BCUT2D eigenvalue weighted by Gasteiger charge is 2.38. The van der Waals surface area contributed by atoms with Gasteiger partial charge in [-0.15, -0.1) is 0 Å². The highest BCUT2D eigenvalue weighted by molar-refractivity contribution is 5.73. The van der Waals surface area contributed by atoms with Crippen LogP contribution in [0.15, 0.2) is 18.2 Å². The first kappa shape index (κ1) is 32.2. The minimum absolute atomic E-state index is 0.788. The third kappa shape index (κ3) is 13.6. The van der Waals surface area contributed by atoms with E-state index in [1.54, 1.807) is 14.2 Å². The van der Waals surface area contributed by atoms with Gasteiger partial charge in [0.2, 0.25) is 0 Å². The fraction of sp³-hybridized carbons (Fsp3) is 0.600. The first-order valence-electron chi connectivity index (χ1n) is 9.92. The zero-order valence-electron chi connectivity index (χ0n) is 19.3. The van der Waals surface area contributed by atoms with Gasteiger partial charge in [0.15, 0.2) is 11.5 Å². The van der Waals surface area contributed by atoms with Gasteiger partial charge in [0.25, 0.3) is 0 Å². The van der Waals surface area contributed by atoms with Gasteiger partial charge >= 0.3 is 24.3 Å². The van der Waals surface area contributed by atoms with Crippen LogP contribution in [0.5, 0.6) is 11.5 Å². The summed E-state index contributed by atoms with van der Waals surface area (Å²) in [6.45, 7) is 6.74. The molecule has 2 rings (SSSR count). The number of methoxy groups -OCH3 is 2. The summed E-state index contributed by atoms with van der Waals surface area (Å²) < 4.78 is 79.7. The molecule has 1 aliphatic rings. The van der Waals surface area contributed by atoms with E-state index in [2.05, 4.69) is 22.9 Å². The molecule has 1 fully saturated rings. The van der Waals surface area contributed by atoms with Gasteiger partial charge < -0.3 is 29.3 Å². The fourth-order valence-corrected chi connectivity index (χ4v) is 2.58. The van der Waals surface area contributed by atoms with Gasteiger partial charge in [0.1, 0.15) is 0 Å². The molecule has 0 aliphatic carbocycles. The Kier molecular flexibility index (Phi) is 14.1. The molecule has 1 aromatic carbocycles. The molecule has 0 aromatic heterocycles. The molecule has 0 saturated carbocycles. The number of carboxylic acids is 2. The Bertz CT molecular complexity index is 760. The summed E-state index contributed by atoms with van der Waals surface area (Å²) in [5.41, 5.74) is 1.15. The summed E-state index contributed by atoms with van der Waals surface area (Å²) in [5.74, 6) is -3.89. The molecule has 202 valence electrons. The molecule has 1 aromatic rings. The summed E-state index contributed by atoms with van der Waals surface area (Å²) in [6, 6.07) is 6.02. The smallest absolute Gasteiger partial charge is 0.490 e. The molecular weight excluding hydrogens is 494 g/mol. The largest absolute Gasteiger partial charge is 0.493 e. The Hall–Kier alpha value is -2.78. The van der Waals surface area contributed by atoms with Crippen LogP contribution in [0.4, 0.5) is 26.3 Å². The number of nitrogens with zero attached hydrogens (tertiary/aromatic N) is 2. The first-order chi connectivity index (χ1) is 16.1. The summed E-state index contributed by atoms with van der Waals surface area (Å²) in [6.07, 6.45) is -10.2. The second-order valence-electron chi connectivity index (χ2n) is 6.95.